The van der Waals surface area contributed by atoms with Crippen molar-refractivity contribution in [3.05, 3.63) is 52.2 Å². The van der Waals surface area contributed by atoms with Crippen molar-refractivity contribution in [3.8, 4) is 0 Å². The number of hydrogen-bond acceptors (Lipinski definition) is 5. The Kier molecular flexibility index (Phi) is 6.26. The monoisotopic (exact) mass is 388 g/mol. The van der Waals surface area contributed by atoms with Gasteiger partial charge in [-0.25, -0.2) is 8.42 Å². The van der Waals surface area contributed by atoms with E-state index in [1.54, 1.807) is 11.3 Å². The van der Waals surface area contributed by atoms with Crippen molar-refractivity contribution in [2.75, 3.05) is 20.6 Å². The van der Waals surface area contributed by atoms with E-state index in [4.69, 9.17) is 0 Å². The van der Waals surface area contributed by atoms with Gasteiger partial charge in [0.2, 0.25) is 9.84 Å². The molecule has 2 rings (SSSR count). The fraction of sp³-hybridized carbons (Fsp3) is 0.312. The number of nitrogens with one attached hydrogen (secondary N) is 1. The van der Waals surface area contributed by atoms with E-state index in [1.165, 1.54) is 12.1 Å². The van der Waals surface area contributed by atoms with Gasteiger partial charge in [-0.05, 0) is 60.8 Å². The lowest BCUT2D eigenvalue weighted by Crippen LogP contribution is -2.34. The third kappa shape index (κ3) is 4.62. The van der Waals surface area contributed by atoms with Crippen LogP contribution in [0.3, 0.4) is 0 Å². The van der Waals surface area contributed by atoms with Gasteiger partial charge >= 0.3 is 5.76 Å². The molecule has 0 bridgehead atoms. The number of rotatable bonds is 7. The third-order valence-electron chi connectivity index (χ3n) is 3.69. The molecule has 1 N–H and O–H groups in total. The van der Waals surface area contributed by atoms with Gasteiger partial charge < -0.3 is 10.2 Å². The van der Waals surface area contributed by atoms with Crippen LogP contribution < -0.4 is 5.32 Å². The molecule has 0 fully saturated rings. The van der Waals surface area contributed by atoms with Crippen LogP contribution in [0.15, 0.2) is 46.0 Å². The zero-order chi connectivity index (χ0) is 18.6. The summed E-state index contributed by atoms with van der Waals surface area (Å²) in [5.74, 6) is -3.89. The number of carbonyl (C=O) groups excluding carboxylic acids is 1. The summed E-state index contributed by atoms with van der Waals surface area (Å²) >= 11 is 1.56. The normalized spacial score (nSPS) is 13.2. The van der Waals surface area contributed by atoms with Crippen LogP contribution in [-0.4, -0.2) is 45.6 Å². The number of sulfone groups is 1. The van der Waals surface area contributed by atoms with E-state index in [1.807, 2.05) is 35.8 Å². The summed E-state index contributed by atoms with van der Waals surface area (Å²) in [7, 11) is -0.854. The summed E-state index contributed by atoms with van der Waals surface area (Å²) in [6.45, 7) is 0.361. The van der Waals surface area contributed by atoms with Crippen molar-refractivity contribution in [2.45, 2.75) is 16.7 Å². The molecule has 1 aromatic heterocycles. The van der Waals surface area contributed by atoms with Gasteiger partial charge in [0.1, 0.15) is 0 Å². The number of alkyl halides is 2. The second kappa shape index (κ2) is 8.03. The minimum absolute atomic E-state index is 0.00585. The molecule has 1 aromatic carbocycles. The van der Waals surface area contributed by atoms with E-state index in [0.29, 0.717) is 6.54 Å². The standard InChI is InChI=1S/C16H18F2N2O3S2/c1-20(2)14(12-7-8-24-10-12)9-19-15(21)11-3-5-13(6-4-11)25(22,23)16(17)18/h3-8,10,14,16H,9H2,1-2H3,(H,19,21)/t14-/m0/s1. The highest BCUT2D eigenvalue weighted by molar-refractivity contribution is 7.91. The highest BCUT2D eigenvalue weighted by Gasteiger charge is 2.26. The second-order valence-electron chi connectivity index (χ2n) is 5.58. The summed E-state index contributed by atoms with van der Waals surface area (Å²) in [6, 6.07) is 6.44. The SMILES string of the molecule is CN(C)[C@@H](CNC(=O)c1ccc(S(=O)(=O)C(F)F)cc1)c1ccsc1. The summed E-state index contributed by atoms with van der Waals surface area (Å²) in [4.78, 5) is 13.7. The topological polar surface area (TPSA) is 66.5 Å². The maximum Gasteiger partial charge on any atom is 0.341 e. The molecule has 0 spiro atoms. The molecule has 1 atom stereocenters. The van der Waals surface area contributed by atoms with E-state index in [9.17, 15) is 22.0 Å². The molecule has 1 heterocycles. The highest BCUT2D eigenvalue weighted by atomic mass is 32.2. The molecular weight excluding hydrogens is 370 g/mol. The van der Waals surface area contributed by atoms with Gasteiger partial charge in [-0.15, -0.1) is 0 Å². The Morgan fingerprint density at radius 3 is 2.32 bits per heavy atom. The van der Waals surface area contributed by atoms with E-state index in [-0.39, 0.29) is 11.6 Å². The minimum Gasteiger partial charge on any atom is -0.350 e. The highest BCUT2D eigenvalue weighted by Crippen LogP contribution is 2.21. The first-order chi connectivity index (χ1) is 11.7. The van der Waals surface area contributed by atoms with Crippen LogP contribution in [0, 0.1) is 0 Å². The van der Waals surface area contributed by atoms with Gasteiger partial charge in [0.05, 0.1) is 10.9 Å². The summed E-state index contributed by atoms with van der Waals surface area (Å²) in [5, 5.41) is 6.73. The molecule has 136 valence electrons. The smallest absolute Gasteiger partial charge is 0.341 e. The Bertz CT molecular complexity index is 804. The fourth-order valence-corrected chi connectivity index (χ4v) is 3.68. The van der Waals surface area contributed by atoms with Gasteiger partial charge in [0.15, 0.2) is 0 Å². The van der Waals surface area contributed by atoms with E-state index in [2.05, 4.69) is 5.32 Å². The number of hydrogen-bond donors (Lipinski definition) is 1. The lowest BCUT2D eigenvalue weighted by atomic mass is 10.1. The first kappa shape index (κ1) is 19.5. The third-order valence-corrected chi connectivity index (χ3v) is 5.79. The molecule has 2 aromatic rings. The zero-order valence-electron chi connectivity index (χ0n) is 13.6. The van der Waals surface area contributed by atoms with Crippen molar-refractivity contribution < 1.29 is 22.0 Å². The van der Waals surface area contributed by atoms with Gasteiger partial charge in [0, 0.05) is 12.1 Å². The van der Waals surface area contributed by atoms with Crippen LogP contribution in [0.2, 0.25) is 0 Å². The van der Waals surface area contributed by atoms with Crippen molar-refractivity contribution in [1.29, 1.82) is 0 Å². The zero-order valence-corrected chi connectivity index (χ0v) is 15.3. The Labute approximate surface area is 149 Å². The molecule has 0 unspecified atom stereocenters. The van der Waals surface area contributed by atoms with Crippen LogP contribution in [-0.2, 0) is 9.84 Å². The van der Waals surface area contributed by atoms with Gasteiger partial charge in [0.25, 0.3) is 5.91 Å². The second-order valence-corrected chi connectivity index (χ2v) is 8.27. The Hall–Kier alpha value is -1.84. The number of halogens is 2. The largest absolute Gasteiger partial charge is 0.350 e. The fourth-order valence-electron chi connectivity index (χ4n) is 2.25. The molecule has 0 aliphatic rings. The van der Waals surface area contributed by atoms with Crippen molar-refractivity contribution >= 4 is 27.1 Å². The molecular formula is C16H18F2N2O3S2. The summed E-state index contributed by atoms with van der Waals surface area (Å²) in [5.41, 5.74) is 1.28. The number of thiophene rings is 1. The van der Waals surface area contributed by atoms with E-state index < -0.39 is 26.4 Å². The number of likely N-dealkylation sites (N-methyl/N-ethyl adjacent to an activating group) is 1. The molecule has 0 saturated heterocycles. The predicted molar refractivity (Wildman–Crippen MR) is 92.7 cm³/mol. The predicted octanol–water partition coefficient (Wildman–Crippen LogP) is 2.78. The van der Waals surface area contributed by atoms with E-state index in [0.717, 1.165) is 17.7 Å². The average molecular weight is 388 g/mol. The first-order valence-electron chi connectivity index (χ1n) is 7.32. The summed E-state index contributed by atoms with van der Waals surface area (Å²) in [6.07, 6.45) is 0. The molecule has 9 heteroatoms. The molecule has 5 nitrogen and oxygen atoms in total. The van der Waals surface area contributed by atoms with Crippen molar-refractivity contribution in [1.82, 2.24) is 10.2 Å². The molecule has 0 saturated carbocycles. The Morgan fingerprint density at radius 1 is 1.20 bits per heavy atom. The van der Waals surface area contributed by atoms with Crippen LogP contribution in [0.5, 0.6) is 0 Å². The number of nitrogens with zero attached hydrogens (tertiary/aromatic N) is 1. The Balaban J connectivity index is 2.06. The molecule has 0 aliphatic heterocycles. The van der Waals surface area contributed by atoms with Gasteiger partial charge in [-0.3, -0.25) is 4.79 Å². The Morgan fingerprint density at radius 2 is 1.84 bits per heavy atom. The van der Waals surface area contributed by atoms with Crippen LogP contribution >= 0.6 is 11.3 Å². The maximum atomic E-state index is 12.5. The lowest BCUT2D eigenvalue weighted by Gasteiger charge is -2.24. The van der Waals surface area contributed by atoms with Crippen LogP contribution in [0.4, 0.5) is 8.78 Å². The first-order valence-corrected chi connectivity index (χ1v) is 9.81. The minimum atomic E-state index is -4.66. The van der Waals surface area contributed by atoms with E-state index >= 15 is 0 Å². The quantitative estimate of drug-likeness (QED) is 0.792. The lowest BCUT2D eigenvalue weighted by molar-refractivity contribution is 0.0942. The van der Waals surface area contributed by atoms with Gasteiger partial charge in [-0.2, -0.15) is 20.1 Å². The maximum absolute atomic E-state index is 12.5. The number of benzene rings is 1. The summed E-state index contributed by atoms with van der Waals surface area (Å²) < 4.78 is 47.8. The molecule has 0 radical (unpaired) electrons. The van der Waals surface area contributed by atoms with Crippen molar-refractivity contribution in [3.63, 3.8) is 0 Å². The molecule has 25 heavy (non-hydrogen) atoms. The average Bonchev–Trinajstić information content (AvgIpc) is 3.08. The molecule has 1 amide bonds. The van der Waals surface area contributed by atoms with Gasteiger partial charge in [-0.1, -0.05) is 0 Å². The van der Waals surface area contributed by atoms with Crippen LogP contribution in [0.25, 0.3) is 0 Å². The molecule has 0 aliphatic carbocycles. The number of amides is 1. The number of carbonyl (C=O) groups is 1. The van der Waals surface area contributed by atoms with Crippen LogP contribution in [0.1, 0.15) is 22.0 Å². The van der Waals surface area contributed by atoms with Crippen molar-refractivity contribution in [2.24, 2.45) is 0 Å².